The van der Waals surface area contributed by atoms with Crippen LogP contribution in [0.25, 0.3) is 6.08 Å². The third kappa shape index (κ3) is 3.85. The Morgan fingerprint density at radius 2 is 2.21 bits per heavy atom. The lowest BCUT2D eigenvalue weighted by molar-refractivity contribution is -0.120. The first kappa shape index (κ1) is 10.4. The Morgan fingerprint density at radius 1 is 1.43 bits per heavy atom. The lowest BCUT2D eigenvalue weighted by Gasteiger charge is -1.90. The molecular weight excluding hydrogens is 180 g/mol. The fraction of sp³-hybridized carbons (Fsp3) is 0.273. The molecule has 0 N–H and O–H groups in total. The normalized spacial score (nSPS) is 10.6. The Balaban J connectivity index is 2.37. The van der Waals surface area contributed by atoms with Crippen LogP contribution in [0, 0.1) is 0 Å². The second kappa shape index (κ2) is 5.17. The van der Waals surface area contributed by atoms with Crippen molar-refractivity contribution in [3.8, 4) is 0 Å². The lowest BCUT2D eigenvalue weighted by atomic mass is 10.1. The fourth-order valence-corrected chi connectivity index (χ4v) is 0.944. The summed E-state index contributed by atoms with van der Waals surface area (Å²) in [5.41, 5.74) is 0. The van der Waals surface area contributed by atoms with Crippen LogP contribution >= 0.6 is 0 Å². The molecule has 0 spiro atoms. The van der Waals surface area contributed by atoms with Crippen LogP contribution in [0.1, 0.15) is 25.5 Å². The number of carbonyl (C=O) groups is 2. The van der Waals surface area contributed by atoms with Gasteiger partial charge in [0, 0.05) is 12.8 Å². The molecule has 14 heavy (non-hydrogen) atoms. The number of furan rings is 1. The quantitative estimate of drug-likeness (QED) is 0.672. The van der Waals surface area contributed by atoms with Crippen molar-refractivity contribution in [3.63, 3.8) is 0 Å². The summed E-state index contributed by atoms with van der Waals surface area (Å²) >= 11 is 0. The highest BCUT2D eigenvalue weighted by atomic mass is 16.3. The molecule has 0 aliphatic heterocycles. The molecule has 1 aromatic rings. The first-order chi connectivity index (χ1) is 6.68. The fourth-order valence-electron chi connectivity index (χ4n) is 0.944. The Hall–Kier alpha value is -1.64. The number of Topliss-reactive ketones (excluding diaryl/α,β-unsaturated/α-hetero) is 1. The summed E-state index contributed by atoms with van der Waals surface area (Å²) in [7, 11) is 0. The molecule has 3 heteroatoms. The predicted molar refractivity (Wildman–Crippen MR) is 52.7 cm³/mol. The Bertz CT molecular complexity index is 333. The predicted octanol–water partition coefficient (Wildman–Crippen LogP) is 2.23. The third-order valence-corrected chi connectivity index (χ3v) is 1.70. The summed E-state index contributed by atoms with van der Waals surface area (Å²) in [4.78, 5) is 21.7. The van der Waals surface area contributed by atoms with Crippen molar-refractivity contribution in [1.29, 1.82) is 0 Å². The van der Waals surface area contributed by atoms with Crippen LogP contribution < -0.4 is 0 Å². The van der Waals surface area contributed by atoms with Crippen LogP contribution in [-0.4, -0.2) is 11.6 Å². The molecule has 0 aromatic carbocycles. The second-order valence-electron chi connectivity index (χ2n) is 3.02. The van der Waals surface area contributed by atoms with E-state index in [2.05, 4.69) is 0 Å². The Morgan fingerprint density at radius 3 is 2.79 bits per heavy atom. The van der Waals surface area contributed by atoms with Crippen molar-refractivity contribution >= 4 is 17.6 Å². The monoisotopic (exact) mass is 192 g/mol. The number of ketones is 2. The summed E-state index contributed by atoms with van der Waals surface area (Å²) in [5.74, 6) is 0.613. The number of allylic oxidation sites excluding steroid dienone is 1. The molecule has 1 aromatic heterocycles. The molecule has 0 atom stereocenters. The van der Waals surface area contributed by atoms with Gasteiger partial charge in [-0.05, 0) is 31.2 Å². The van der Waals surface area contributed by atoms with Gasteiger partial charge in [-0.15, -0.1) is 0 Å². The minimum Gasteiger partial charge on any atom is -0.465 e. The van der Waals surface area contributed by atoms with Gasteiger partial charge in [-0.1, -0.05) is 0 Å². The minimum absolute atomic E-state index is 0.0322. The maximum Gasteiger partial charge on any atom is 0.156 e. The molecule has 1 heterocycles. The van der Waals surface area contributed by atoms with Crippen LogP contribution in [0.2, 0.25) is 0 Å². The largest absolute Gasteiger partial charge is 0.465 e. The zero-order chi connectivity index (χ0) is 10.4. The van der Waals surface area contributed by atoms with Gasteiger partial charge in [0.25, 0.3) is 0 Å². The molecular formula is C11H12O3. The lowest BCUT2D eigenvalue weighted by Crippen LogP contribution is -1.97. The van der Waals surface area contributed by atoms with E-state index >= 15 is 0 Å². The van der Waals surface area contributed by atoms with E-state index in [1.54, 1.807) is 24.5 Å². The minimum atomic E-state index is -0.0587. The average Bonchev–Trinajstić information content (AvgIpc) is 2.63. The molecule has 3 nitrogen and oxygen atoms in total. The molecule has 0 bridgehead atoms. The van der Waals surface area contributed by atoms with Crippen molar-refractivity contribution in [3.05, 3.63) is 30.2 Å². The average molecular weight is 192 g/mol. The van der Waals surface area contributed by atoms with Crippen molar-refractivity contribution in [2.75, 3.05) is 0 Å². The van der Waals surface area contributed by atoms with Gasteiger partial charge in [-0.2, -0.15) is 0 Å². The van der Waals surface area contributed by atoms with Crippen molar-refractivity contribution in [2.45, 2.75) is 19.8 Å². The van der Waals surface area contributed by atoms with Gasteiger partial charge in [0.15, 0.2) is 5.78 Å². The summed E-state index contributed by atoms with van der Waals surface area (Å²) < 4.78 is 5.00. The Labute approximate surface area is 82.4 Å². The van der Waals surface area contributed by atoms with Gasteiger partial charge in [-0.25, -0.2) is 0 Å². The Kier molecular flexibility index (Phi) is 3.85. The van der Waals surface area contributed by atoms with Crippen molar-refractivity contribution in [1.82, 2.24) is 0 Å². The number of carbonyl (C=O) groups excluding carboxylic acids is 2. The van der Waals surface area contributed by atoms with E-state index in [9.17, 15) is 9.59 Å². The van der Waals surface area contributed by atoms with Gasteiger partial charge < -0.3 is 9.21 Å². The van der Waals surface area contributed by atoms with E-state index in [1.165, 1.54) is 13.0 Å². The van der Waals surface area contributed by atoms with Gasteiger partial charge in [-0.3, -0.25) is 4.79 Å². The van der Waals surface area contributed by atoms with E-state index in [0.717, 1.165) is 0 Å². The third-order valence-electron chi connectivity index (χ3n) is 1.70. The molecule has 0 saturated carbocycles. The summed E-state index contributed by atoms with van der Waals surface area (Å²) in [6.07, 6.45) is 5.15. The molecule has 0 fully saturated rings. The smallest absolute Gasteiger partial charge is 0.156 e. The van der Waals surface area contributed by atoms with Crippen molar-refractivity contribution < 1.29 is 14.0 Å². The standard InChI is InChI=1S/C11H12O3/c1-9(12)4-5-10(13)6-7-11-3-2-8-14-11/h2-3,6-8H,4-5H2,1H3. The molecule has 1 rings (SSSR count). The molecule has 0 amide bonds. The zero-order valence-corrected chi connectivity index (χ0v) is 8.03. The first-order valence-corrected chi connectivity index (χ1v) is 4.42. The van der Waals surface area contributed by atoms with Crippen LogP contribution in [0.15, 0.2) is 28.9 Å². The van der Waals surface area contributed by atoms with E-state index in [-0.39, 0.29) is 18.0 Å². The molecule has 0 aliphatic carbocycles. The topological polar surface area (TPSA) is 47.3 Å². The van der Waals surface area contributed by atoms with Gasteiger partial charge in [0.05, 0.1) is 6.26 Å². The maximum absolute atomic E-state index is 11.2. The van der Waals surface area contributed by atoms with Gasteiger partial charge >= 0.3 is 0 Å². The van der Waals surface area contributed by atoms with Gasteiger partial charge in [0.2, 0.25) is 0 Å². The van der Waals surface area contributed by atoms with Crippen LogP contribution in [-0.2, 0) is 9.59 Å². The van der Waals surface area contributed by atoms with Gasteiger partial charge in [0.1, 0.15) is 11.5 Å². The number of rotatable bonds is 5. The van der Waals surface area contributed by atoms with E-state index in [1.807, 2.05) is 0 Å². The zero-order valence-electron chi connectivity index (χ0n) is 8.03. The summed E-state index contributed by atoms with van der Waals surface area (Å²) in [6.45, 7) is 1.48. The number of hydrogen-bond acceptors (Lipinski definition) is 3. The highest BCUT2D eigenvalue weighted by molar-refractivity contribution is 5.95. The maximum atomic E-state index is 11.2. The van der Waals surface area contributed by atoms with Crippen LogP contribution in [0.4, 0.5) is 0 Å². The molecule has 0 unspecified atom stereocenters. The van der Waals surface area contributed by atoms with Crippen molar-refractivity contribution in [2.24, 2.45) is 0 Å². The number of hydrogen-bond donors (Lipinski definition) is 0. The summed E-state index contributed by atoms with van der Waals surface area (Å²) in [6, 6.07) is 3.51. The molecule has 0 saturated heterocycles. The highest BCUT2D eigenvalue weighted by Crippen LogP contribution is 2.03. The highest BCUT2D eigenvalue weighted by Gasteiger charge is 1.99. The molecule has 74 valence electrons. The molecule has 0 aliphatic rings. The second-order valence-corrected chi connectivity index (χ2v) is 3.02. The van der Waals surface area contributed by atoms with E-state index in [4.69, 9.17) is 4.42 Å². The van der Waals surface area contributed by atoms with E-state index < -0.39 is 0 Å². The van der Waals surface area contributed by atoms with Crippen LogP contribution in [0.5, 0.6) is 0 Å². The summed E-state index contributed by atoms with van der Waals surface area (Å²) in [5, 5.41) is 0. The molecule has 0 radical (unpaired) electrons. The first-order valence-electron chi connectivity index (χ1n) is 4.42. The van der Waals surface area contributed by atoms with E-state index in [0.29, 0.717) is 12.2 Å². The van der Waals surface area contributed by atoms with Crippen LogP contribution in [0.3, 0.4) is 0 Å². The SMILES string of the molecule is CC(=O)CCC(=O)C=Cc1ccco1.